The zero-order valence-electron chi connectivity index (χ0n) is 14.4. The molecule has 5 nitrogen and oxygen atoms in total. The highest BCUT2D eigenvalue weighted by Crippen LogP contribution is 2.25. The van der Waals surface area contributed by atoms with E-state index in [1.165, 1.54) is 6.07 Å². The number of carbonyl (C=O) groups is 1. The fourth-order valence-electron chi connectivity index (χ4n) is 3.95. The minimum Gasteiger partial charge on any atom is -0.333 e. The average molecular weight is 342 g/mol. The van der Waals surface area contributed by atoms with Gasteiger partial charge in [0.2, 0.25) is 5.91 Å². The molecular weight excluding hydrogens is 319 g/mol. The van der Waals surface area contributed by atoms with Crippen LogP contribution in [-0.2, 0) is 17.8 Å². The third-order valence-electron chi connectivity index (χ3n) is 5.13. The molecule has 0 bridgehead atoms. The van der Waals surface area contributed by atoms with E-state index in [4.69, 9.17) is 0 Å². The smallest absolute Gasteiger partial charge is 0.244 e. The highest BCUT2D eigenvalue weighted by Gasteiger charge is 2.33. The number of rotatable bonds is 3. The number of nitrogens with zero attached hydrogens (tertiary/aromatic N) is 3. The number of anilines is 1. The van der Waals surface area contributed by atoms with Gasteiger partial charge < -0.3 is 14.8 Å². The summed E-state index contributed by atoms with van der Waals surface area (Å²) in [6.07, 6.45) is 5.64. The number of halogens is 1. The lowest BCUT2D eigenvalue weighted by Gasteiger charge is -2.36. The summed E-state index contributed by atoms with van der Waals surface area (Å²) < 4.78 is 16.3. The van der Waals surface area contributed by atoms with E-state index in [2.05, 4.69) is 21.1 Å². The van der Waals surface area contributed by atoms with Crippen LogP contribution in [0.4, 0.5) is 10.1 Å². The van der Waals surface area contributed by atoms with Gasteiger partial charge in [-0.2, -0.15) is 0 Å². The van der Waals surface area contributed by atoms with Crippen molar-refractivity contribution in [1.82, 2.24) is 14.9 Å². The Hall–Kier alpha value is -2.21. The summed E-state index contributed by atoms with van der Waals surface area (Å²) in [6, 6.07) is 6.50. The van der Waals surface area contributed by atoms with Gasteiger partial charge in [-0.25, -0.2) is 9.37 Å². The van der Waals surface area contributed by atoms with Crippen molar-refractivity contribution in [3.8, 4) is 0 Å². The Labute approximate surface area is 146 Å². The van der Waals surface area contributed by atoms with Crippen LogP contribution in [0.15, 0.2) is 30.5 Å². The molecule has 2 aliphatic heterocycles. The van der Waals surface area contributed by atoms with Crippen molar-refractivity contribution in [2.45, 2.75) is 51.2 Å². The summed E-state index contributed by atoms with van der Waals surface area (Å²) in [7, 11) is 0. The number of imidazole rings is 1. The van der Waals surface area contributed by atoms with Gasteiger partial charge in [0, 0.05) is 31.7 Å². The summed E-state index contributed by atoms with van der Waals surface area (Å²) in [6.45, 7) is 3.41. The second-order valence-electron chi connectivity index (χ2n) is 6.99. The molecular formula is C19H23FN4O. The normalized spacial score (nSPS) is 23.6. The second-order valence-corrected chi connectivity index (χ2v) is 6.99. The molecule has 1 N–H and O–H groups in total. The van der Waals surface area contributed by atoms with E-state index in [0.29, 0.717) is 12.2 Å². The van der Waals surface area contributed by atoms with Crippen molar-refractivity contribution in [3.63, 3.8) is 0 Å². The standard InChI is InChI=1S/C19H23FN4O/c1-13-11-23-12-14(8-9-18(23)21-13)22-16-6-4-10-24(19(16)25)17-7-3-2-5-15(17)20/h2-3,5,7,11,14,16,22H,4,6,8-10,12H2,1H3/t14-,16-/m0/s1. The zero-order chi connectivity index (χ0) is 17.4. The van der Waals surface area contributed by atoms with Gasteiger partial charge in [0.25, 0.3) is 0 Å². The van der Waals surface area contributed by atoms with Gasteiger partial charge >= 0.3 is 0 Å². The summed E-state index contributed by atoms with van der Waals surface area (Å²) in [5.74, 6) is 0.759. The number of aryl methyl sites for hydroxylation is 2. The van der Waals surface area contributed by atoms with Crippen molar-refractivity contribution in [2.24, 2.45) is 0 Å². The highest BCUT2D eigenvalue weighted by atomic mass is 19.1. The molecule has 1 saturated heterocycles. The fourth-order valence-corrected chi connectivity index (χ4v) is 3.95. The van der Waals surface area contributed by atoms with E-state index < -0.39 is 0 Å². The van der Waals surface area contributed by atoms with E-state index in [1.807, 2.05) is 6.92 Å². The number of carbonyl (C=O) groups excluding carboxylic acids is 1. The van der Waals surface area contributed by atoms with Gasteiger partial charge in [0.05, 0.1) is 17.4 Å². The number of hydrogen-bond donors (Lipinski definition) is 1. The van der Waals surface area contributed by atoms with Gasteiger partial charge in [0.15, 0.2) is 0 Å². The van der Waals surface area contributed by atoms with Crippen molar-refractivity contribution >= 4 is 11.6 Å². The van der Waals surface area contributed by atoms with Crippen LogP contribution in [0.1, 0.15) is 30.8 Å². The molecule has 0 spiro atoms. The van der Waals surface area contributed by atoms with E-state index in [9.17, 15) is 9.18 Å². The van der Waals surface area contributed by atoms with E-state index in [0.717, 1.165) is 43.7 Å². The SMILES string of the molecule is Cc1cn2c(n1)CC[C@H](N[C@H]1CCCN(c3ccccc3F)C1=O)C2. The molecule has 4 rings (SSSR count). The first-order chi connectivity index (χ1) is 12.1. The summed E-state index contributed by atoms with van der Waals surface area (Å²) in [5, 5.41) is 3.51. The van der Waals surface area contributed by atoms with Crippen LogP contribution in [0.3, 0.4) is 0 Å². The molecule has 0 saturated carbocycles. The number of aromatic nitrogens is 2. The quantitative estimate of drug-likeness (QED) is 0.932. The number of piperidine rings is 1. The molecule has 1 aromatic heterocycles. The number of amides is 1. The highest BCUT2D eigenvalue weighted by molar-refractivity contribution is 5.98. The minimum absolute atomic E-state index is 0.0241. The number of nitrogens with one attached hydrogen (secondary N) is 1. The fraction of sp³-hybridized carbons (Fsp3) is 0.474. The molecule has 0 aliphatic carbocycles. The Morgan fingerprint density at radius 1 is 1.28 bits per heavy atom. The first kappa shape index (κ1) is 16.3. The average Bonchev–Trinajstić information content (AvgIpc) is 2.97. The molecule has 25 heavy (non-hydrogen) atoms. The summed E-state index contributed by atoms with van der Waals surface area (Å²) >= 11 is 0. The lowest BCUT2D eigenvalue weighted by Crippen LogP contribution is -2.55. The monoisotopic (exact) mass is 342 g/mol. The number of benzene rings is 1. The number of fused-ring (bicyclic) bond motifs is 1. The maximum atomic E-state index is 14.1. The molecule has 2 atom stereocenters. The molecule has 6 heteroatoms. The van der Waals surface area contributed by atoms with Crippen molar-refractivity contribution in [1.29, 1.82) is 0 Å². The zero-order valence-corrected chi connectivity index (χ0v) is 14.4. The Kier molecular flexibility index (Phi) is 4.29. The molecule has 2 aromatic rings. The predicted molar refractivity (Wildman–Crippen MR) is 94.0 cm³/mol. The van der Waals surface area contributed by atoms with Gasteiger partial charge in [-0.05, 0) is 38.3 Å². The Morgan fingerprint density at radius 2 is 2.12 bits per heavy atom. The maximum Gasteiger partial charge on any atom is 0.244 e. The van der Waals surface area contributed by atoms with Crippen LogP contribution >= 0.6 is 0 Å². The maximum absolute atomic E-state index is 14.1. The van der Waals surface area contributed by atoms with Crippen molar-refractivity contribution in [3.05, 3.63) is 47.8 Å². The van der Waals surface area contributed by atoms with E-state index >= 15 is 0 Å². The molecule has 1 fully saturated rings. The molecule has 0 unspecified atom stereocenters. The molecule has 0 radical (unpaired) electrons. The van der Waals surface area contributed by atoms with Crippen LogP contribution in [0.25, 0.3) is 0 Å². The van der Waals surface area contributed by atoms with Crippen LogP contribution in [0, 0.1) is 12.7 Å². The molecule has 2 aliphatic rings. The van der Waals surface area contributed by atoms with Gasteiger partial charge in [-0.3, -0.25) is 4.79 Å². The lowest BCUT2D eigenvalue weighted by atomic mass is 10.00. The molecule has 3 heterocycles. The predicted octanol–water partition coefficient (Wildman–Crippen LogP) is 2.43. The molecule has 1 aromatic carbocycles. The first-order valence-electron chi connectivity index (χ1n) is 8.96. The van der Waals surface area contributed by atoms with Crippen LogP contribution in [0.5, 0.6) is 0 Å². The van der Waals surface area contributed by atoms with Gasteiger partial charge in [-0.15, -0.1) is 0 Å². The lowest BCUT2D eigenvalue weighted by molar-refractivity contribution is -0.122. The molecule has 132 valence electrons. The Morgan fingerprint density at radius 3 is 2.96 bits per heavy atom. The van der Waals surface area contributed by atoms with E-state index in [1.54, 1.807) is 23.1 Å². The number of para-hydroxylation sites is 1. The van der Waals surface area contributed by atoms with Crippen LogP contribution in [-0.4, -0.2) is 34.1 Å². The summed E-state index contributed by atoms with van der Waals surface area (Å²) in [5.41, 5.74) is 1.42. The number of hydrogen-bond acceptors (Lipinski definition) is 3. The third kappa shape index (κ3) is 3.18. The Bertz CT molecular complexity index is 787. The minimum atomic E-state index is -0.340. The van der Waals surface area contributed by atoms with E-state index in [-0.39, 0.29) is 23.8 Å². The molecule has 1 amide bonds. The van der Waals surface area contributed by atoms with Crippen LogP contribution < -0.4 is 10.2 Å². The van der Waals surface area contributed by atoms with Crippen molar-refractivity contribution in [2.75, 3.05) is 11.4 Å². The summed E-state index contributed by atoms with van der Waals surface area (Å²) in [4.78, 5) is 19.0. The first-order valence-corrected chi connectivity index (χ1v) is 8.96. The Balaban J connectivity index is 1.46. The topological polar surface area (TPSA) is 50.2 Å². The van der Waals surface area contributed by atoms with Crippen molar-refractivity contribution < 1.29 is 9.18 Å². The van der Waals surface area contributed by atoms with Gasteiger partial charge in [0.1, 0.15) is 11.6 Å². The largest absolute Gasteiger partial charge is 0.333 e. The van der Waals surface area contributed by atoms with Crippen LogP contribution in [0.2, 0.25) is 0 Å². The van der Waals surface area contributed by atoms with Gasteiger partial charge in [-0.1, -0.05) is 12.1 Å². The second kappa shape index (κ2) is 6.59. The third-order valence-corrected chi connectivity index (χ3v) is 5.13.